The van der Waals surface area contributed by atoms with Gasteiger partial charge in [0.1, 0.15) is 0 Å². The second-order valence-corrected chi connectivity index (χ2v) is 3.43. The van der Waals surface area contributed by atoms with Crippen LogP contribution in [-0.4, -0.2) is 36.2 Å². The fraction of sp³-hybridized carbons (Fsp3) is 0.800. The predicted octanol–water partition coefficient (Wildman–Crippen LogP) is 0.638. The van der Waals surface area contributed by atoms with Crippen LogP contribution in [0.4, 0.5) is 0 Å². The van der Waals surface area contributed by atoms with Crippen molar-refractivity contribution < 1.29 is 19.4 Å². The van der Waals surface area contributed by atoms with Gasteiger partial charge in [0, 0.05) is 19.1 Å². The van der Waals surface area contributed by atoms with Crippen molar-refractivity contribution in [3.8, 4) is 0 Å². The number of hydrogen-bond donors (Lipinski definition) is 2. The lowest BCUT2D eigenvalue weighted by Gasteiger charge is -2.17. The Bertz CT molecular complexity index is 217. The highest BCUT2D eigenvalue weighted by atomic mass is 16.5. The van der Waals surface area contributed by atoms with E-state index in [1.165, 1.54) is 0 Å². The van der Waals surface area contributed by atoms with Gasteiger partial charge in [-0.3, -0.25) is 9.59 Å². The number of hydrogen-bond acceptors (Lipinski definition) is 3. The lowest BCUT2D eigenvalue weighted by atomic mass is 10.0. The third-order valence-corrected chi connectivity index (χ3v) is 2.21. The van der Waals surface area contributed by atoms with Crippen molar-refractivity contribution in [1.82, 2.24) is 5.32 Å². The van der Waals surface area contributed by atoms with Crippen molar-refractivity contribution >= 4 is 11.9 Å². The lowest BCUT2D eigenvalue weighted by molar-refractivity contribution is -0.142. The van der Waals surface area contributed by atoms with Crippen molar-refractivity contribution in [2.45, 2.75) is 33.2 Å². The number of ether oxygens (including phenoxy) is 1. The van der Waals surface area contributed by atoms with Crippen LogP contribution in [0.5, 0.6) is 0 Å². The van der Waals surface area contributed by atoms with Gasteiger partial charge in [-0.1, -0.05) is 0 Å². The zero-order chi connectivity index (χ0) is 11.8. The number of rotatable bonds is 7. The number of nitrogens with one attached hydrogen (secondary N) is 1. The zero-order valence-electron chi connectivity index (χ0n) is 9.45. The number of carboxylic acid groups (broad SMARTS) is 1. The molecule has 15 heavy (non-hydrogen) atoms. The third-order valence-electron chi connectivity index (χ3n) is 2.21. The van der Waals surface area contributed by atoms with Gasteiger partial charge in [0.15, 0.2) is 0 Å². The first-order chi connectivity index (χ1) is 6.99. The average Bonchev–Trinajstić information content (AvgIpc) is 2.16. The molecule has 0 aliphatic carbocycles. The molecule has 0 aromatic heterocycles. The van der Waals surface area contributed by atoms with E-state index >= 15 is 0 Å². The van der Waals surface area contributed by atoms with Crippen LogP contribution in [0.3, 0.4) is 0 Å². The topological polar surface area (TPSA) is 75.6 Å². The molecule has 5 heteroatoms. The van der Waals surface area contributed by atoms with E-state index in [1.807, 2.05) is 6.92 Å². The molecule has 0 radical (unpaired) electrons. The first kappa shape index (κ1) is 13.9. The molecule has 1 amide bonds. The first-order valence-corrected chi connectivity index (χ1v) is 5.09. The summed E-state index contributed by atoms with van der Waals surface area (Å²) in [5, 5.41) is 11.3. The number of aliphatic carboxylic acids is 1. The molecule has 0 bridgehead atoms. The molecule has 2 N–H and O–H groups in total. The Morgan fingerprint density at radius 1 is 1.40 bits per heavy atom. The molecule has 0 saturated carbocycles. The molecule has 88 valence electrons. The van der Waals surface area contributed by atoms with Gasteiger partial charge in [0.05, 0.1) is 12.5 Å². The highest BCUT2D eigenvalue weighted by Crippen LogP contribution is 2.02. The Balaban J connectivity index is 3.80. The maximum absolute atomic E-state index is 11.3. The Morgan fingerprint density at radius 3 is 2.47 bits per heavy atom. The number of amides is 1. The summed E-state index contributed by atoms with van der Waals surface area (Å²) in [5.41, 5.74) is 0. The van der Waals surface area contributed by atoms with Crippen LogP contribution in [0.15, 0.2) is 0 Å². The average molecular weight is 217 g/mol. The van der Waals surface area contributed by atoms with Gasteiger partial charge in [-0.25, -0.2) is 0 Å². The highest BCUT2D eigenvalue weighted by Gasteiger charge is 2.20. The fourth-order valence-electron chi connectivity index (χ4n) is 0.974. The van der Waals surface area contributed by atoms with E-state index in [1.54, 1.807) is 13.8 Å². The van der Waals surface area contributed by atoms with Crippen molar-refractivity contribution in [3.63, 3.8) is 0 Å². The van der Waals surface area contributed by atoms with Gasteiger partial charge >= 0.3 is 5.97 Å². The summed E-state index contributed by atoms with van der Waals surface area (Å²) in [6.45, 7) is 6.05. The van der Waals surface area contributed by atoms with Crippen molar-refractivity contribution in [3.05, 3.63) is 0 Å². The second kappa shape index (κ2) is 7.23. The van der Waals surface area contributed by atoms with Crippen LogP contribution in [0.1, 0.15) is 27.2 Å². The Hall–Kier alpha value is -1.10. The maximum Gasteiger partial charge on any atom is 0.308 e. The Morgan fingerprint density at radius 2 is 2.00 bits per heavy atom. The number of carbonyl (C=O) groups excluding carboxylic acids is 1. The van der Waals surface area contributed by atoms with Gasteiger partial charge in [-0.05, 0) is 20.8 Å². The molecule has 0 rings (SSSR count). The van der Waals surface area contributed by atoms with Crippen LogP contribution in [0.25, 0.3) is 0 Å². The van der Waals surface area contributed by atoms with Gasteiger partial charge < -0.3 is 15.2 Å². The van der Waals surface area contributed by atoms with E-state index in [0.29, 0.717) is 13.2 Å². The van der Waals surface area contributed by atoms with Crippen LogP contribution >= 0.6 is 0 Å². The minimum absolute atomic E-state index is 0.177. The predicted molar refractivity (Wildman–Crippen MR) is 55.5 cm³/mol. The van der Waals surface area contributed by atoms with Crippen molar-refractivity contribution in [2.75, 3.05) is 13.2 Å². The summed E-state index contributed by atoms with van der Waals surface area (Å²) >= 11 is 0. The van der Waals surface area contributed by atoms with Gasteiger partial charge in [0.2, 0.25) is 5.91 Å². The van der Waals surface area contributed by atoms with Crippen LogP contribution in [-0.2, 0) is 14.3 Å². The van der Waals surface area contributed by atoms with Crippen LogP contribution in [0.2, 0.25) is 0 Å². The molecule has 0 saturated heterocycles. The standard InChI is InChI=1S/C10H19NO4/c1-4-15-6-5-9(12)11-8(3)7(2)10(13)14/h7-8H,4-6H2,1-3H3,(H,11,12)(H,13,14). The molecule has 0 fully saturated rings. The molecule has 0 spiro atoms. The van der Waals surface area contributed by atoms with Crippen LogP contribution in [0, 0.1) is 5.92 Å². The van der Waals surface area contributed by atoms with Crippen molar-refractivity contribution in [2.24, 2.45) is 5.92 Å². The summed E-state index contributed by atoms with van der Waals surface area (Å²) in [7, 11) is 0. The minimum Gasteiger partial charge on any atom is -0.481 e. The van der Waals surface area contributed by atoms with Gasteiger partial charge in [-0.15, -0.1) is 0 Å². The quantitative estimate of drug-likeness (QED) is 0.613. The number of carboxylic acids is 1. The molecular formula is C10H19NO4. The highest BCUT2D eigenvalue weighted by molar-refractivity contribution is 5.77. The Labute approximate surface area is 89.8 Å². The molecule has 0 aliphatic heterocycles. The van der Waals surface area contributed by atoms with Crippen LogP contribution < -0.4 is 5.32 Å². The number of carbonyl (C=O) groups is 2. The summed E-state index contributed by atoms with van der Waals surface area (Å²) in [5.74, 6) is -1.67. The molecule has 0 heterocycles. The van der Waals surface area contributed by atoms with E-state index in [0.717, 1.165) is 0 Å². The van der Waals surface area contributed by atoms with Gasteiger partial charge in [-0.2, -0.15) is 0 Å². The van der Waals surface area contributed by atoms with Gasteiger partial charge in [0.25, 0.3) is 0 Å². The maximum atomic E-state index is 11.3. The summed E-state index contributed by atoms with van der Waals surface area (Å²) in [6, 6.07) is -0.364. The van der Waals surface area contributed by atoms with E-state index in [-0.39, 0.29) is 18.4 Å². The largest absolute Gasteiger partial charge is 0.481 e. The smallest absolute Gasteiger partial charge is 0.308 e. The minimum atomic E-state index is -0.910. The second-order valence-electron chi connectivity index (χ2n) is 3.43. The molecule has 5 nitrogen and oxygen atoms in total. The SMILES string of the molecule is CCOCCC(=O)NC(C)C(C)C(=O)O. The normalized spacial score (nSPS) is 14.3. The zero-order valence-corrected chi connectivity index (χ0v) is 9.45. The summed E-state index contributed by atoms with van der Waals surface area (Å²) in [4.78, 5) is 21.9. The summed E-state index contributed by atoms with van der Waals surface area (Å²) in [6.07, 6.45) is 0.268. The molecule has 0 aromatic rings. The fourth-order valence-corrected chi connectivity index (χ4v) is 0.974. The molecule has 2 unspecified atom stereocenters. The Kier molecular flexibility index (Phi) is 6.70. The monoisotopic (exact) mass is 217 g/mol. The van der Waals surface area contributed by atoms with E-state index in [9.17, 15) is 9.59 Å². The summed E-state index contributed by atoms with van der Waals surface area (Å²) < 4.78 is 5.02. The molecular weight excluding hydrogens is 198 g/mol. The van der Waals surface area contributed by atoms with E-state index < -0.39 is 11.9 Å². The van der Waals surface area contributed by atoms with Crippen molar-refractivity contribution in [1.29, 1.82) is 0 Å². The van der Waals surface area contributed by atoms with E-state index in [4.69, 9.17) is 9.84 Å². The molecule has 2 atom stereocenters. The molecule has 0 aliphatic rings. The third kappa shape index (κ3) is 6.06. The first-order valence-electron chi connectivity index (χ1n) is 5.09. The van der Waals surface area contributed by atoms with E-state index in [2.05, 4.69) is 5.32 Å². The lowest BCUT2D eigenvalue weighted by Crippen LogP contribution is -2.40. The molecule has 0 aromatic carbocycles.